The molecular weight excluding hydrogens is 355 g/mol. The topological polar surface area (TPSA) is 52.6 Å². The van der Waals surface area contributed by atoms with Crippen LogP contribution in [0.2, 0.25) is 0 Å². The monoisotopic (exact) mass is 370 g/mol. The molecule has 4 nitrogen and oxygen atoms in total. The molecule has 1 rings (SSSR count). The zero-order valence-electron chi connectivity index (χ0n) is 10.2. The molecule has 0 amide bonds. The van der Waals surface area contributed by atoms with Crippen LogP contribution < -0.4 is 8.92 Å². The van der Waals surface area contributed by atoms with Crippen LogP contribution in [-0.2, 0) is 10.1 Å². The fraction of sp³-hybridized carbons (Fsp3) is 0.455. The van der Waals surface area contributed by atoms with Gasteiger partial charge in [0.2, 0.25) is 0 Å². The van der Waals surface area contributed by atoms with Gasteiger partial charge in [-0.25, -0.2) is 0 Å². The summed E-state index contributed by atoms with van der Waals surface area (Å²) >= 11 is 2.08. The predicted molar refractivity (Wildman–Crippen MR) is 75.3 cm³/mol. The minimum Gasteiger partial charge on any atom is -0.493 e. The minimum atomic E-state index is -3.56. The van der Waals surface area contributed by atoms with E-state index in [0.29, 0.717) is 5.75 Å². The number of ether oxygens (including phenoxy) is 1. The van der Waals surface area contributed by atoms with Gasteiger partial charge in [-0.15, -0.1) is 0 Å². The van der Waals surface area contributed by atoms with Gasteiger partial charge >= 0.3 is 10.1 Å². The van der Waals surface area contributed by atoms with E-state index in [9.17, 15) is 8.42 Å². The van der Waals surface area contributed by atoms with Crippen molar-refractivity contribution in [2.24, 2.45) is 0 Å². The highest BCUT2D eigenvalue weighted by atomic mass is 127. The molecule has 0 aromatic heterocycles. The Kier molecular flexibility index (Phi) is 4.65. The fourth-order valence-corrected chi connectivity index (χ4v) is 3.19. The Morgan fingerprint density at radius 3 is 2.29 bits per heavy atom. The lowest BCUT2D eigenvalue weighted by molar-refractivity contribution is 0.390. The van der Waals surface area contributed by atoms with Crippen molar-refractivity contribution >= 4 is 32.7 Å². The maximum absolute atomic E-state index is 11.2. The molecule has 0 saturated carbocycles. The number of rotatable bonds is 4. The van der Waals surface area contributed by atoms with Crippen LogP contribution in [0.5, 0.6) is 11.5 Å². The van der Waals surface area contributed by atoms with Gasteiger partial charge < -0.3 is 8.92 Å². The van der Waals surface area contributed by atoms with E-state index in [1.807, 2.05) is 19.9 Å². The van der Waals surface area contributed by atoms with Crippen LogP contribution >= 0.6 is 22.6 Å². The fourth-order valence-electron chi connectivity index (χ4n) is 1.39. The third-order valence-electron chi connectivity index (χ3n) is 2.17. The SMILES string of the molecule is COc1ccc(C(C)C)c(I)c1OS(C)(=O)=O. The second-order valence-corrected chi connectivity index (χ2v) is 6.60. The molecule has 1 aromatic carbocycles. The van der Waals surface area contributed by atoms with E-state index < -0.39 is 10.1 Å². The van der Waals surface area contributed by atoms with Crippen LogP contribution in [0.3, 0.4) is 0 Å². The predicted octanol–water partition coefficient (Wildman–Crippen LogP) is 2.76. The quantitative estimate of drug-likeness (QED) is 0.604. The standard InChI is InChI=1S/C11H15IO4S/c1-7(2)8-5-6-9(15-3)11(10(8)12)16-17(4,13)14/h5-7H,1-4H3. The number of methoxy groups -OCH3 is 1. The van der Waals surface area contributed by atoms with Crippen LogP contribution in [0.4, 0.5) is 0 Å². The second-order valence-electron chi connectivity index (χ2n) is 3.94. The van der Waals surface area contributed by atoms with Gasteiger partial charge in [0.05, 0.1) is 16.9 Å². The summed E-state index contributed by atoms with van der Waals surface area (Å²) in [5.41, 5.74) is 1.03. The van der Waals surface area contributed by atoms with Crippen LogP contribution in [0.1, 0.15) is 25.3 Å². The highest BCUT2D eigenvalue weighted by Gasteiger charge is 2.18. The molecule has 0 aliphatic carbocycles. The van der Waals surface area contributed by atoms with E-state index in [1.54, 1.807) is 6.07 Å². The van der Waals surface area contributed by atoms with E-state index in [4.69, 9.17) is 8.92 Å². The average molecular weight is 370 g/mol. The molecule has 0 aliphatic rings. The molecule has 0 N–H and O–H groups in total. The molecule has 0 aliphatic heterocycles. The van der Waals surface area contributed by atoms with Crippen molar-refractivity contribution in [1.82, 2.24) is 0 Å². The van der Waals surface area contributed by atoms with Crippen LogP contribution in [0.25, 0.3) is 0 Å². The molecule has 17 heavy (non-hydrogen) atoms. The first-order valence-corrected chi connectivity index (χ1v) is 7.91. The molecule has 0 unspecified atom stereocenters. The van der Waals surface area contributed by atoms with Crippen molar-refractivity contribution in [3.63, 3.8) is 0 Å². The Labute approximate surface area is 116 Å². The summed E-state index contributed by atoms with van der Waals surface area (Å²) in [5, 5.41) is 0. The van der Waals surface area contributed by atoms with Crippen molar-refractivity contribution in [3.8, 4) is 11.5 Å². The normalized spacial score (nSPS) is 11.6. The van der Waals surface area contributed by atoms with E-state index in [0.717, 1.165) is 15.4 Å². The van der Waals surface area contributed by atoms with Crippen molar-refractivity contribution in [1.29, 1.82) is 0 Å². The summed E-state index contributed by atoms with van der Waals surface area (Å²) in [6.07, 6.45) is 1.02. The van der Waals surface area contributed by atoms with Crippen LogP contribution in [0.15, 0.2) is 12.1 Å². The summed E-state index contributed by atoms with van der Waals surface area (Å²) in [7, 11) is -2.08. The molecule has 0 saturated heterocycles. The first-order chi connectivity index (χ1) is 7.76. The molecule has 0 atom stereocenters. The summed E-state index contributed by atoms with van der Waals surface area (Å²) in [4.78, 5) is 0. The maximum atomic E-state index is 11.2. The molecule has 0 heterocycles. The van der Waals surface area contributed by atoms with Gasteiger partial charge in [0.15, 0.2) is 11.5 Å². The molecular formula is C11H15IO4S. The average Bonchev–Trinajstić information content (AvgIpc) is 2.18. The maximum Gasteiger partial charge on any atom is 0.306 e. The smallest absolute Gasteiger partial charge is 0.306 e. The molecule has 0 bridgehead atoms. The summed E-state index contributed by atoms with van der Waals surface area (Å²) in [6.45, 7) is 4.07. The van der Waals surface area contributed by atoms with Gasteiger partial charge in [-0.2, -0.15) is 8.42 Å². The lowest BCUT2D eigenvalue weighted by Crippen LogP contribution is -2.09. The van der Waals surface area contributed by atoms with Crippen molar-refractivity contribution in [2.45, 2.75) is 19.8 Å². The number of halogens is 1. The van der Waals surface area contributed by atoms with Crippen molar-refractivity contribution in [2.75, 3.05) is 13.4 Å². The summed E-state index contributed by atoms with van der Waals surface area (Å²) in [6, 6.07) is 3.64. The lowest BCUT2D eigenvalue weighted by atomic mass is 10.0. The Morgan fingerprint density at radius 1 is 1.29 bits per heavy atom. The Balaban J connectivity index is 3.37. The van der Waals surface area contributed by atoms with E-state index in [2.05, 4.69) is 22.6 Å². The van der Waals surface area contributed by atoms with Crippen molar-refractivity contribution < 1.29 is 17.3 Å². The number of hydrogen-bond acceptors (Lipinski definition) is 4. The molecule has 0 spiro atoms. The first kappa shape index (κ1) is 14.6. The Morgan fingerprint density at radius 2 is 1.88 bits per heavy atom. The highest BCUT2D eigenvalue weighted by Crippen LogP contribution is 2.38. The van der Waals surface area contributed by atoms with E-state index in [-0.39, 0.29) is 11.7 Å². The highest BCUT2D eigenvalue weighted by molar-refractivity contribution is 14.1. The zero-order chi connectivity index (χ0) is 13.2. The number of benzene rings is 1. The van der Waals surface area contributed by atoms with Crippen molar-refractivity contribution in [3.05, 3.63) is 21.3 Å². The van der Waals surface area contributed by atoms with E-state index >= 15 is 0 Å². The Hall–Kier alpha value is -0.500. The van der Waals surface area contributed by atoms with Gasteiger partial charge in [0.25, 0.3) is 0 Å². The first-order valence-electron chi connectivity index (χ1n) is 5.02. The molecule has 6 heteroatoms. The van der Waals surface area contributed by atoms with Gasteiger partial charge in [0.1, 0.15) is 0 Å². The lowest BCUT2D eigenvalue weighted by Gasteiger charge is -2.15. The van der Waals surface area contributed by atoms with Gasteiger partial charge in [-0.05, 0) is 40.1 Å². The Bertz CT molecular complexity index is 508. The molecule has 0 fully saturated rings. The molecule has 0 radical (unpaired) electrons. The van der Waals surface area contributed by atoms with E-state index in [1.165, 1.54) is 7.11 Å². The molecule has 1 aromatic rings. The molecule has 96 valence electrons. The van der Waals surface area contributed by atoms with Gasteiger partial charge in [-0.3, -0.25) is 0 Å². The van der Waals surface area contributed by atoms with Gasteiger partial charge in [-0.1, -0.05) is 19.9 Å². The zero-order valence-corrected chi connectivity index (χ0v) is 13.1. The largest absolute Gasteiger partial charge is 0.493 e. The third kappa shape index (κ3) is 3.74. The minimum absolute atomic E-state index is 0.266. The number of hydrogen-bond donors (Lipinski definition) is 0. The third-order valence-corrected chi connectivity index (χ3v) is 3.75. The summed E-state index contributed by atoms with van der Waals surface area (Å²) < 4.78 is 33.3. The van der Waals surface area contributed by atoms with Crippen LogP contribution in [0, 0.1) is 3.57 Å². The second kappa shape index (κ2) is 5.43. The summed E-state index contributed by atoms with van der Waals surface area (Å²) in [5.74, 6) is 0.973. The van der Waals surface area contributed by atoms with Gasteiger partial charge in [0, 0.05) is 0 Å². The van der Waals surface area contributed by atoms with Crippen LogP contribution in [-0.4, -0.2) is 21.8 Å².